The molecule has 0 atom stereocenters. The van der Waals surface area contributed by atoms with Gasteiger partial charge in [0, 0.05) is 0 Å². The lowest BCUT2D eigenvalue weighted by molar-refractivity contribution is 0.483. The van der Waals surface area contributed by atoms with Crippen molar-refractivity contribution in [3.05, 3.63) is 0 Å². The van der Waals surface area contributed by atoms with Crippen molar-refractivity contribution in [2.24, 2.45) is 9.63 Å². The molecule has 0 aliphatic heterocycles. The van der Waals surface area contributed by atoms with E-state index in [-0.39, 0.29) is 5.75 Å². The molecule has 106 valence electrons. The van der Waals surface area contributed by atoms with Gasteiger partial charge in [0.25, 0.3) is 10.0 Å². The minimum atomic E-state index is -3.63. The van der Waals surface area contributed by atoms with Gasteiger partial charge in [-0.2, -0.15) is 5.11 Å². The molecular weight excluding hydrogens is 276 g/mol. The van der Waals surface area contributed by atoms with Crippen LogP contribution in [0.5, 0.6) is 0 Å². The van der Waals surface area contributed by atoms with Gasteiger partial charge in [0.15, 0.2) is 15.7 Å². The van der Waals surface area contributed by atoms with Gasteiger partial charge in [-0.05, 0) is 19.3 Å². The third-order valence-electron chi connectivity index (χ3n) is 2.91. The molecule has 1 aliphatic carbocycles. The third kappa shape index (κ3) is 5.01. The summed E-state index contributed by atoms with van der Waals surface area (Å²) >= 11 is 0. The molecule has 0 bridgehead atoms. The summed E-state index contributed by atoms with van der Waals surface area (Å²) in [7, 11) is -6.94. The molecule has 0 radical (unpaired) electrons. The lowest BCUT2D eigenvalue weighted by Crippen LogP contribution is -2.22. The highest BCUT2D eigenvalue weighted by Gasteiger charge is 2.27. The standard InChI is InChI=1S/C10H20N2O4S2/c1-2-8-17(13,14)9-11-12-18(15,16)10-6-4-3-5-7-10/h10H,2-9H2,1H3. The van der Waals surface area contributed by atoms with E-state index >= 15 is 0 Å². The Kier molecular flexibility index (Phi) is 5.71. The van der Waals surface area contributed by atoms with Crippen LogP contribution >= 0.6 is 0 Å². The van der Waals surface area contributed by atoms with Gasteiger partial charge in [-0.3, -0.25) is 0 Å². The normalized spacial score (nSPS) is 19.4. The van der Waals surface area contributed by atoms with Gasteiger partial charge in [-0.1, -0.05) is 30.7 Å². The molecule has 0 amide bonds. The van der Waals surface area contributed by atoms with E-state index in [0.717, 1.165) is 19.3 Å². The van der Waals surface area contributed by atoms with E-state index in [2.05, 4.69) is 9.63 Å². The van der Waals surface area contributed by atoms with Gasteiger partial charge < -0.3 is 0 Å². The van der Waals surface area contributed by atoms with Crippen LogP contribution in [0.3, 0.4) is 0 Å². The van der Waals surface area contributed by atoms with Gasteiger partial charge in [-0.25, -0.2) is 16.8 Å². The molecular formula is C10H20N2O4S2. The lowest BCUT2D eigenvalue weighted by atomic mass is 10.0. The average molecular weight is 296 g/mol. The summed E-state index contributed by atoms with van der Waals surface area (Å²) < 4.78 is 49.5. The summed E-state index contributed by atoms with van der Waals surface area (Å²) in [4.78, 5) is 0. The second-order valence-corrected chi connectivity index (χ2v) is 8.59. The molecule has 1 saturated carbocycles. The van der Waals surface area contributed by atoms with E-state index in [9.17, 15) is 16.8 Å². The van der Waals surface area contributed by atoms with Gasteiger partial charge in [0.05, 0.1) is 11.0 Å². The molecule has 0 unspecified atom stereocenters. The number of sulfonamides is 1. The fourth-order valence-electron chi connectivity index (χ4n) is 2.00. The molecule has 18 heavy (non-hydrogen) atoms. The van der Waals surface area contributed by atoms with Crippen molar-refractivity contribution in [3.8, 4) is 0 Å². The minimum absolute atomic E-state index is 0.00942. The molecule has 8 heteroatoms. The van der Waals surface area contributed by atoms with Crippen LogP contribution in [-0.2, 0) is 19.9 Å². The topological polar surface area (TPSA) is 93.0 Å². The fraction of sp³-hybridized carbons (Fsp3) is 1.00. The Balaban J connectivity index is 2.60. The number of hydrogen-bond donors (Lipinski definition) is 0. The molecule has 1 aliphatic rings. The Morgan fingerprint density at radius 3 is 2.22 bits per heavy atom. The Hall–Kier alpha value is -0.500. The highest BCUT2D eigenvalue weighted by atomic mass is 32.2. The molecule has 0 aromatic rings. The Labute approximate surface area is 109 Å². The molecule has 0 spiro atoms. The van der Waals surface area contributed by atoms with E-state index < -0.39 is 31.0 Å². The summed E-state index contributed by atoms with van der Waals surface area (Å²) in [5.41, 5.74) is 0. The Bertz CT molecular complexity index is 476. The number of hydrogen-bond acceptors (Lipinski definition) is 5. The summed E-state index contributed by atoms with van der Waals surface area (Å²) in [6, 6.07) is 0. The molecule has 0 aromatic carbocycles. The van der Waals surface area contributed by atoms with Crippen LogP contribution in [0.1, 0.15) is 45.4 Å². The second-order valence-electron chi connectivity index (χ2n) is 4.57. The van der Waals surface area contributed by atoms with Gasteiger partial charge in [0.1, 0.15) is 0 Å². The molecule has 6 nitrogen and oxygen atoms in total. The Morgan fingerprint density at radius 2 is 1.67 bits per heavy atom. The van der Waals surface area contributed by atoms with Gasteiger partial charge >= 0.3 is 0 Å². The van der Waals surface area contributed by atoms with E-state index in [4.69, 9.17) is 0 Å². The van der Waals surface area contributed by atoms with Crippen molar-refractivity contribution in [1.82, 2.24) is 0 Å². The zero-order valence-corrected chi connectivity index (χ0v) is 12.2. The van der Waals surface area contributed by atoms with Crippen LogP contribution in [0, 0.1) is 0 Å². The van der Waals surface area contributed by atoms with E-state index in [1.54, 1.807) is 6.92 Å². The van der Waals surface area contributed by atoms with Crippen molar-refractivity contribution >= 4 is 19.9 Å². The van der Waals surface area contributed by atoms with Crippen LogP contribution in [0.15, 0.2) is 9.63 Å². The van der Waals surface area contributed by atoms with Crippen LogP contribution < -0.4 is 0 Å². The molecule has 0 saturated heterocycles. The van der Waals surface area contributed by atoms with Gasteiger partial charge in [-0.15, -0.1) is 0 Å². The zero-order chi connectivity index (χ0) is 13.6. The van der Waals surface area contributed by atoms with E-state index in [1.165, 1.54) is 0 Å². The van der Waals surface area contributed by atoms with Crippen LogP contribution in [0.4, 0.5) is 0 Å². The maximum atomic E-state index is 11.8. The number of nitrogens with zero attached hydrogens (tertiary/aromatic N) is 2. The highest BCUT2D eigenvalue weighted by Crippen LogP contribution is 2.24. The smallest absolute Gasteiger partial charge is 0.227 e. The minimum Gasteiger partial charge on any atom is -0.227 e. The largest absolute Gasteiger partial charge is 0.273 e. The summed E-state index contributed by atoms with van der Waals surface area (Å²) in [5, 5.41) is 2.88. The van der Waals surface area contributed by atoms with Crippen molar-refractivity contribution in [3.63, 3.8) is 0 Å². The van der Waals surface area contributed by atoms with Crippen molar-refractivity contribution in [2.75, 3.05) is 11.6 Å². The van der Waals surface area contributed by atoms with Gasteiger partial charge in [0.2, 0.25) is 0 Å². The molecule has 0 aromatic heterocycles. The van der Waals surface area contributed by atoms with E-state index in [1.807, 2.05) is 0 Å². The quantitative estimate of drug-likeness (QED) is 0.699. The Morgan fingerprint density at radius 1 is 1.06 bits per heavy atom. The van der Waals surface area contributed by atoms with Crippen molar-refractivity contribution in [2.45, 2.75) is 50.7 Å². The monoisotopic (exact) mass is 296 g/mol. The first-order chi connectivity index (χ1) is 8.37. The maximum Gasteiger partial charge on any atom is 0.273 e. The van der Waals surface area contributed by atoms with Crippen LogP contribution in [0.2, 0.25) is 0 Å². The SMILES string of the molecule is CCCS(=O)(=O)CN=NS(=O)(=O)C1CCCCC1. The second kappa shape index (κ2) is 6.60. The first-order valence-electron chi connectivity index (χ1n) is 6.20. The fourth-order valence-corrected chi connectivity index (χ4v) is 4.34. The molecule has 1 rings (SSSR count). The molecule has 0 N–H and O–H groups in total. The van der Waals surface area contributed by atoms with Crippen molar-refractivity contribution < 1.29 is 16.8 Å². The van der Waals surface area contributed by atoms with Crippen LogP contribution in [-0.4, -0.2) is 33.7 Å². The van der Waals surface area contributed by atoms with Crippen molar-refractivity contribution in [1.29, 1.82) is 0 Å². The van der Waals surface area contributed by atoms with Crippen LogP contribution in [0.25, 0.3) is 0 Å². The highest BCUT2D eigenvalue weighted by molar-refractivity contribution is 7.91. The maximum absolute atomic E-state index is 11.8. The third-order valence-corrected chi connectivity index (χ3v) is 6.11. The summed E-state index contributed by atoms with van der Waals surface area (Å²) in [6.45, 7) is 1.74. The van der Waals surface area contributed by atoms with E-state index in [0.29, 0.717) is 19.3 Å². The number of rotatable bonds is 6. The molecule has 1 fully saturated rings. The molecule has 0 heterocycles. The predicted octanol–water partition coefficient (Wildman–Crippen LogP) is 1.88. The first kappa shape index (κ1) is 15.6. The first-order valence-corrected chi connectivity index (χ1v) is 9.53. The predicted molar refractivity (Wildman–Crippen MR) is 69.6 cm³/mol. The summed E-state index contributed by atoms with van der Waals surface area (Å²) in [5.74, 6) is -0.526. The summed E-state index contributed by atoms with van der Waals surface area (Å²) in [6.07, 6.45) is 4.51. The average Bonchev–Trinajstić information content (AvgIpc) is 2.29. The lowest BCUT2D eigenvalue weighted by Gasteiger charge is -2.18. The number of sulfone groups is 1. The zero-order valence-electron chi connectivity index (χ0n) is 10.6.